The van der Waals surface area contributed by atoms with Crippen molar-refractivity contribution < 1.29 is 14.3 Å². The molecule has 1 saturated heterocycles. The van der Waals surface area contributed by atoms with E-state index in [0.717, 1.165) is 6.07 Å². The number of β-amino-alcohol motifs (C(OH)–C–C–N with tert-alkyl or cyclic N) is 1. The molecule has 0 radical (unpaired) electrons. The molecule has 0 saturated carbocycles. The summed E-state index contributed by atoms with van der Waals surface area (Å²) in [5, 5.41) is 8.99. The van der Waals surface area contributed by atoms with Crippen LogP contribution >= 0.6 is 0 Å². The molecular formula is C9H9FN2O2. The first-order valence-corrected chi connectivity index (χ1v) is 4.26. The third-order valence-corrected chi connectivity index (χ3v) is 2.12. The molecule has 2 rings (SSSR count). The number of carbonyl (C=O) groups excluding carboxylic acids is 1. The van der Waals surface area contributed by atoms with Crippen molar-refractivity contribution in [1.82, 2.24) is 9.88 Å². The summed E-state index contributed by atoms with van der Waals surface area (Å²) in [6, 6.07) is 2.54. The minimum Gasteiger partial charge on any atom is -0.389 e. The van der Waals surface area contributed by atoms with Gasteiger partial charge in [0.15, 0.2) is 0 Å². The van der Waals surface area contributed by atoms with Gasteiger partial charge in [0.2, 0.25) is 5.95 Å². The maximum Gasteiger partial charge on any atom is 0.254 e. The molecule has 5 heteroatoms. The Morgan fingerprint density at radius 2 is 2.36 bits per heavy atom. The Balaban J connectivity index is 2.12. The fraction of sp³-hybridized carbons (Fsp3) is 0.333. The van der Waals surface area contributed by atoms with Gasteiger partial charge in [-0.1, -0.05) is 0 Å². The third-order valence-electron chi connectivity index (χ3n) is 2.12. The zero-order chi connectivity index (χ0) is 10.1. The van der Waals surface area contributed by atoms with Gasteiger partial charge in [-0.25, -0.2) is 4.98 Å². The van der Waals surface area contributed by atoms with E-state index in [1.807, 2.05) is 0 Å². The smallest absolute Gasteiger partial charge is 0.254 e. The second kappa shape index (κ2) is 3.34. The normalized spacial score (nSPS) is 16.6. The van der Waals surface area contributed by atoms with E-state index in [2.05, 4.69) is 4.98 Å². The van der Waals surface area contributed by atoms with Crippen molar-refractivity contribution in [2.24, 2.45) is 0 Å². The number of amides is 1. The molecule has 0 aliphatic carbocycles. The van der Waals surface area contributed by atoms with Gasteiger partial charge in [0.1, 0.15) is 0 Å². The highest BCUT2D eigenvalue weighted by molar-refractivity contribution is 5.94. The van der Waals surface area contributed by atoms with E-state index in [1.165, 1.54) is 17.2 Å². The van der Waals surface area contributed by atoms with E-state index in [1.54, 1.807) is 0 Å². The van der Waals surface area contributed by atoms with Crippen LogP contribution in [0.25, 0.3) is 0 Å². The van der Waals surface area contributed by atoms with Crippen molar-refractivity contribution in [2.75, 3.05) is 13.1 Å². The van der Waals surface area contributed by atoms with Crippen LogP contribution < -0.4 is 0 Å². The minimum atomic E-state index is -0.670. The first-order chi connectivity index (χ1) is 6.66. The maximum atomic E-state index is 12.7. The summed E-state index contributed by atoms with van der Waals surface area (Å²) in [6.07, 6.45) is 0.810. The summed E-state index contributed by atoms with van der Waals surface area (Å²) >= 11 is 0. The highest BCUT2D eigenvalue weighted by Gasteiger charge is 2.29. The number of nitrogens with zero attached hydrogens (tertiary/aromatic N) is 2. The number of pyridine rings is 1. The van der Waals surface area contributed by atoms with Crippen LogP contribution in [0.3, 0.4) is 0 Å². The van der Waals surface area contributed by atoms with Gasteiger partial charge in [-0.15, -0.1) is 0 Å². The van der Waals surface area contributed by atoms with E-state index in [4.69, 9.17) is 5.11 Å². The monoisotopic (exact) mass is 196 g/mol. The molecule has 0 atom stereocenters. The van der Waals surface area contributed by atoms with Gasteiger partial charge < -0.3 is 10.0 Å². The first kappa shape index (κ1) is 9.08. The summed E-state index contributed by atoms with van der Waals surface area (Å²) in [5.74, 6) is -0.937. The standard InChI is InChI=1S/C9H9FN2O2/c10-8-3-6(1-2-11-8)9(14)12-4-7(13)5-12/h1-3,7,13H,4-5H2. The van der Waals surface area contributed by atoms with Crippen LogP contribution in [0.15, 0.2) is 18.3 Å². The van der Waals surface area contributed by atoms with Gasteiger partial charge in [-0.3, -0.25) is 4.79 Å². The second-order valence-electron chi connectivity index (χ2n) is 3.23. The summed E-state index contributed by atoms with van der Waals surface area (Å²) in [4.78, 5) is 16.4. The third kappa shape index (κ3) is 1.58. The Hall–Kier alpha value is -1.49. The Labute approximate surface area is 80.0 Å². The number of hydrogen-bond acceptors (Lipinski definition) is 3. The number of aliphatic hydroxyl groups excluding tert-OH is 1. The summed E-state index contributed by atoms with van der Waals surface area (Å²) in [6.45, 7) is 0.644. The molecule has 14 heavy (non-hydrogen) atoms. The van der Waals surface area contributed by atoms with E-state index in [-0.39, 0.29) is 11.5 Å². The lowest BCUT2D eigenvalue weighted by atomic mass is 10.1. The number of halogens is 1. The van der Waals surface area contributed by atoms with Crippen LogP contribution in [0.4, 0.5) is 4.39 Å². The van der Waals surface area contributed by atoms with Crippen LogP contribution in [0.2, 0.25) is 0 Å². The molecule has 0 spiro atoms. The summed E-state index contributed by atoms with van der Waals surface area (Å²) in [7, 11) is 0. The zero-order valence-corrected chi connectivity index (χ0v) is 7.35. The van der Waals surface area contributed by atoms with Gasteiger partial charge in [-0.05, 0) is 6.07 Å². The Bertz CT molecular complexity index is 364. The van der Waals surface area contributed by atoms with Crippen molar-refractivity contribution in [3.8, 4) is 0 Å². The van der Waals surface area contributed by atoms with Crippen molar-refractivity contribution in [1.29, 1.82) is 0 Å². The van der Waals surface area contributed by atoms with Gasteiger partial charge in [0.25, 0.3) is 5.91 Å². The highest BCUT2D eigenvalue weighted by atomic mass is 19.1. The van der Waals surface area contributed by atoms with Crippen LogP contribution in [-0.4, -0.2) is 40.1 Å². The van der Waals surface area contributed by atoms with Crippen molar-refractivity contribution in [3.05, 3.63) is 29.8 Å². The van der Waals surface area contributed by atoms with E-state index in [9.17, 15) is 9.18 Å². The van der Waals surface area contributed by atoms with Gasteiger partial charge >= 0.3 is 0 Å². The molecule has 1 fully saturated rings. The molecule has 0 bridgehead atoms. The van der Waals surface area contributed by atoms with Crippen LogP contribution in [-0.2, 0) is 0 Å². The lowest BCUT2D eigenvalue weighted by molar-refractivity contribution is 0.00586. The van der Waals surface area contributed by atoms with E-state index in [0.29, 0.717) is 13.1 Å². The zero-order valence-electron chi connectivity index (χ0n) is 7.35. The van der Waals surface area contributed by atoms with Crippen LogP contribution in [0.1, 0.15) is 10.4 Å². The van der Waals surface area contributed by atoms with Crippen molar-refractivity contribution >= 4 is 5.91 Å². The van der Waals surface area contributed by atoms with Gasteiger partial charge in [0, 0.05) is 30.9 Å². The predicted molar refractivity (Wildman–Crippen MR) is 46.1 cm³/mol. The van der Waals surface area contributed by atoms with Crippen LogP contribution in [0, 0.1) is 5.95 Å². The van der Waals surface area contributed by atoms with Crippen LogP contribution in [0.5, 0.6) is 0 Å². The van der Waals surface area contributed by atoms with Crippen molar-refractivity contribution in [3.63, 3.8) is 0 Å². The lowest BCUT2D eigenvalue weighted by Crippen LogP contribution is -2.53. The van der Waals surface area contributed by atoms with Gasteiger partial charge in [0.05, 0.1) is 6.10 Å². The molecule has 4 nitrogen and oxygen atoms in total. The Morgan fingerprint density at radius 1 is 1.64 bits per heavy atom. The molecular weight excluding hydrogens is 187 g/mol. The summed E-state index contributed by atoms with van der Waals surface area (Å²) in [5.41, 5.74) is 0.268. The predicted octanol–water partition coefficient (Wildman–Crippen LogP) is 0.0374. The SMILES string of the molecule is O=C(c1ccnc(F)c1)N1CC(O)C1. The number of rotatable bonds is 1. The average molecular weight is 196 g/mol. The molecule has 1 aromatic heterocycles. The van der Waals surface area contributed by atoms with E-state index < -0.39 is 12.1 Å². The van der Waals surface area contributed by atoms with Crippen molar-refractivity contribution in [2.45, 2.75) is 6.10 Å². The Morgan fingerprint density at radius 3 is 2.93 bits per heavy atom. The topological polar surface area (TPSA) is 53.4 Å². The quantitative estimate of drug-likeness (QED) is 0.645. The number of aromatic nitrogens is 1. The summed E-state index contributed by atoms with van der Waals surface area (Å²) < 4.78 is 12.7. The number of likely N-dealkylation sites (tertiary alicyclic amines) is 1. The molecule has 0 unspecified atom stereocenters. The molecule has 1 amide bonds. The molecule has 1 aliphatic rings. The molecule has 2 heterocycles. The first-order valence-electron chi connectivity index (χ1n) is 4.26. The minimum absolute atomic E-state index is 0.267. The fourth-order valence-electron chi connectivity index (χ4n) is 1.34. The average Bonchev–Trinajstić information content (AvgIpc) is 2.12. The molecule has 1 aliphatic heterocycles. The maximum absolute atomic E-state index is 12.7. The second-order valence-corrected chi connectivity index (χ2v) is 3.23. The fourth-order valence-corrected chi connectivity index (χ4v) is 1.34. The molecule has 1 N–H and O–H groups in total. The molecule has 0 aromatic carbocycles. The molecule has 74 valence electrons. The Kier molecular flexibility index (Phi) is 2.17. The highest BCUT2D eigenvalue weighted by Crippen LogP contribution is 2.12. The molecule has 1 aromatic rings. The lowest BCUT2D eigenvalue weighted by Gasteiger charge is -2.35. The number of aliphatic hydroxyl groups is 1. The number of carbonyl (C=O) groups is 1. The van der Waals surface area contributed by atoms with Gasteiger partial charge in [-0.2, -0.15) is 4.39 Å². The van der Waals surface area contributed by atoms with E-state index >= 15 is 0 Å². The number of hydrogen-bond donors (Lipinski definition) is 1. The largest absolute Gasteiger partial charge is 0.389 e.